The molecule has 0 saturated heterocycles. The molecule has 0 radical (unpaired) electrons. The zero-order valence-electron chi connectivity index (χ0n) is 40.0. The number of aromatic nitrogens is 6. The number of fused-ring (bicyclic) bond motifs is 3. The fraction of sp³-hybridized carbons (Fsp3) is 0.357. The number of nitrogens with one attached hydrogen (secondary N) is 9. The van der Waals surface area contributed by atoms with E-state index in [4.69, 9.17) is 14.3 Å². The van der Waals surface area contributed by atoms with E-state index in [-0.39, 0.29) is 125 Å². The van der Waals surface area contributed by atoms with Gasteiger partial charge in [-0.3, -0.25) is 74.0 Å². The topological polar surface area (TPSA) is 409 Å². The molecule has 3 heterocycles. The summed E-state index contributed by atoms with van der Waals surface area (Å²) in [4.78, 5) is 13.0. The second-order valence-electron chi connectivity index (χ2n) is 17.2. The number of hydroxylamine groups is 3. The number of nitrogens with zero attached hydrogens (tertiary/aromatic N) is 9. The summed E-state index contributed by atoms with van der Waals surface area (Å²) >= 11 is 0. The van der Waals surface area contributed by atoms with Gasteiger partial charge in [-0.2, -0.15) is 0 Å². The summed E-state index contributed by atoms with van der Waals surface area (Å²) in [5.41, 5.74) is 11.5. The van der Waals surface area contributed by atoms with Crippen LogP contribution < -0.4 is 32.4 Å². The quantitative estimate of drug-likeness (QED) is 0.0329. The number of benzene rings is 3. The molecule has 9 rings (SSSR count). The summed E-state index contributed by atoms with van der Waals surface area (Å²) < 4.78 is 110. The molecule has 27 nitrogen and oxygen atoms in total. The lowest BCUT2D eigenvalue weighted by molar-refractivity contribution is 0.232. The zero-order chi connectivity index (χ0) is 54.1. The average Bonchev–Trinajstić information content (AvgIpc) is 4.12. The third kappa shape index (κ3) is 14.8. The van der Waals surface area contributed by atoms with Crippen LogP contribution in [-0.2, 0) is 48.4 Å². The average molecular weight is 1110 g/mol. The Labute approximate surface area is 426 Å². The van der Waals surface area contributed by atoms with Crippen LogP contribution in [0.3, 0.4) is 0 Å². The van der Waals surface area contributed by atoms with Crippen molar-refractivity contribution in [3.63, 3.8) is 0 Å². The number of hydrogen-bond donors (Lipinski definition) is 12. The molecule has 3 aromatic carbocycles. The van der Waals surface area contributed by atoms with Crippen LogP contribution in [0.15, 0.2) is 83.5 Å². The third-order valence-electron chi connectivity index (χ3n) is 11.3. The first-order chi connectivity index (χ1) is 35.6. The molecule has 0 fully saturated rings. The standard InChI is InChI=1S/3C14H17FN6O3S/c3*1-25(16,23)5-4-17-13-12(20-24-21-13)14(19-22)18-11-6-8-2-3-9(15)7-10(8)11/h3*2-3,7,11,16,22H,4-6H2,1H3,(H,17,21)(H,18,19)/t11-,25?;11-,25+;11-,25-/m000/s1. The number of hydrogen-bond acceptors (Lipinski definition) is 24. The molecule has 0 amide bonds. The minimum absolute atomic E-state index is 0.0202. The molecule has 402 valence electrons. The van der Waals surface area contributed by atoms with Crippen LogP contribution >= 0.6 is 0 Å². The van der Waals surface area contributed by atoms with E-state index in [2.05, 4.69) is 75.8 Å². The van der Waals surface area contributed by atoms with Gasteiger partial charge in [-0.15, -0.1) is 0 Å². The van der Waals surface area contributed by atoms with Crippen LogP contribution in [0.2, 0.25) is 0 Å². The molecule has 3 aromatic heterocycles. The van der Waals surface area contributed by atoms with Gasteiger partial charge in [0.05, 0.1) is 18.1 Å². The van der Waals surface area contributed by atoms with Crippen LogP contribution in [-0.4, -0.2) is 132 Å². The van der Waals surface area contributed by atoms with Gasteiger partial charge in [-0.1, -0.05) is 18.2 Å². The van der Waals surface area contributed by atoms with Crippen LogP contribution in [0.4, 0.5) is 30.6 Å². The van der Waals surface area contributed by atoms with E-state index in [0.717, 1.165) is 33.4 Å². The Kier molecular flexibility index (Phi) is 17.5. The molecule has 0 spiro atoms. The fourth-order valence-electron chi connectivity index (χ4n) is 7.46. The van der Waals surface area contributed by atoms with Gasteiger partial charge < -0.3 is 16.0 Å². The highest BCUT2D eigenvalue weighted by Gasteiger charge is 2.31. The Morgan fingerprint density at radius 1 is 0.520 bits per heavy atom. The monoisotopic (exact) mass is 1100 g/mol. The molecule has 0 aliphatic heterocycles. The smallest absolute Gasteiger partial charge is 0.202 e. The first-order valence-electron chi connectivity index (χ1n) is 22.2. The van der Waals surface area contributed by atoms with Crippen LogP contribution in [0, 0.1) is 31.8 Å². The minimum Gasteiger partial charge on any atom is -0.364 e. The Morgan fingerprint density at radius 3 is 1.03 bits per heavy atom. The van der Waals surface area contributed by atoms with Crippen molar-refractivity contribution >= 4 is 64.1 Å². The number of aliphatic imine (C=N–C) groups is 3. The predicted molar refractivity (Wildman–Crippen MR) is 266 cm³/mol. The van der Waals surface area contributed by atoms with Crippen LogP contribution in [0.25, 0.3) is 0 Å². The molecule has 1 unspecified atom stereocenters. The molecular formula is C42H51F3N18O9S3. The Bertz CT molecular complexity index is 3090. The number of amidine groups is 3. The first-order valence-corrected chi connectivity index (χ1v) is 28.7. The molecule has 3 aliphatic carbocycles. The van der Waals surface area contributed by atoms with E-state index in [1.165, 1.54) is 55.2 Å². The van der Waals surface area contributed by atoms with E-state index >= 15 is 0 Å². The lowest BCUT2D eigenvalue weighted by Gasteiger charge is -2.27. The lowest BCUT2D eigenvalue weighted by atomic mass is 9.83. The molecule has 6 aromatic rings. The fourth-order valence-corrected chi connectivity index (χ4v) is 8.94. The highest BCUT2D eigenvalue weighted by atomic mass is 32.2. The van der Waals surface area contributed by atoms with E-state index < -0.39 is 29.2 Å². The van der Waals surface area contributed by atoms with Gasteiger partial charge in [0.2, 0.25) is 17.5 Å². The van der Waals surface area contributed by atoms with Crippen LogP contribution in [0.5, 0.6) is 0 Å². The van der Waals surface area contributed by atoms with Crippen LogP contribution in [0.1, 0.15) is 68.6 Å². The minimum atomic E-state index is -2.64. The molecule has 6 atom stereocenters. The third-order valence-corrected chi connectivity index (χ3v) is 14.3. The lowest BCUT2D eigenvalue weighted by Crippen LogP contribution is -2.26. The van der Waals surface area contributed by atoms with E-state index in [9.17, 15) is 41.4 Å². The summed E-state index contributed by atoms with van der Waals surface area (Å²) in [6.45, 7) is 0.655. The maximum atomic E-state index is 13.3. The summed E-state index contributed by atoms with van der Waals surface area (Å²) in [6.07, 6.45) is 5.87. The molecule has 0 bridgehead atoms. The van der Waals surface area contributed by atoms with Crippen molar-refractivity contribution in [1.29, 1.82) is 14.3 Å². The van der Waals surface area contributed by atoms with Gasteiger partial charge >= 0.3 is 0 Å². The van der Waals surface area contributed by atoms with Crippen molar-refractivity contribution in [3.05, 3.63) is 123 Å². The summed E-state index contributed by atoms with van der Waals surface area (Å²) in [5, 5.41) is 58.8. The highest BCUT2D eigenvalue weighted by molar-refractivity contribution is 7.92. The molecule has 12 N–H and O–H groups in total. The maximum Gasteiger partial charge on any atom is 0.202 e. The maximum absolute atomic E-state index is 13.3. The molecule has 3 aliphatic rings. The second kappa shape index (κ2) is 23.7. The number of anilines is 3. The Hall–Kier alpha value is -7.59. The largest absolute Gasteiger partial charge is 0.364 e. The van der Waals surface area contributed by atoms with Gasteiger partial charge in [0, 0.05) is 84.8 Å². The van der Waals surface area contributed by atoms with Crippen molar-refractivity contribution in [2.75, 3.05) is 71.6 Å². The van der Waals surface area contributed by atoms with E-state index in [1.807, 2.05) is 16.4 Å². The van der Waals surface area contributed by atoms with Gasteiger partial charge in [0.15, 0.2) is 34.6 Å². The summed E-state index contributed by atoms with van der Waals surface area (Å²) in [6, 6.07) is 12.6. The van der Waals surface area contributed by atoms with Crippen molar-refractivity contribution < 1.29 is 55.3 Å². The van der Waals surface area contributed by atoms with Crippen molar-refractivity contribution in [3.8, 4) is 0 Å². The normalized spacial score (nSPS) is 18.8. The summed E-state index contributed by atoms with van der Waals surface area (Å²) in [5.74, 6) is -0.0310. The zero-order valence-corrected chi connectivity index (χ0v) is 42.4. The SMILES string of the molecule is CS(=N)(=O)CCNc1nonc1C(=N[C@H]1Cc2ccc(F)cc21)NO.C[S@@](=N)(=O)CCNc1nonc1C(=N[C@H]1Cc2ccc(F)cc21)NO.C[S@](=N)(=O)CCNc1nonc1C(=N[C@H]1Cc2ccc(F)cc21)NO. The van der Waals surface area contributed by atoms with E-state index in [0.29, 0.717) is 19.3 Å². The molecule has 0 saturated carbocycles. The second-order valence-corrected chi connectivity index (χ2v) is 24.5. The molecule has 75 heavy (non-hydrogen) atoms. The Balaban J connectivity index is 0.000000164. The van der Waals surface area contributed by atoms with Crippen molar-refractivity contribution in [2.24, 2.45) is 15.0 Å². The first kappa shape index (κ1) is 55.2. The molecular weight excluding hydrogens is 1050 g/mol. The van der Waals surface area contributed by atoms with Gasteiger partial charge in [0.25, 0.3) is 0 Å². The van der Waals surface area contributed by atoms with Crippen molar-refractivity contribution in [2.45, 2.75) is 37.4 Å². The summed E-state index contributed by atoms with van der Waals surface area (Å²) in [7, 11) is -7.92. The van der Waals surface area contributed by atoms with Crippen molar-refractivity contribution in [1.82, 2.24) is 47.4 Å². The Morgan fingerprint density at radius 2 is 0.787 bits per heavy atom. The van der Waals surface area contributed by atoms with Gasteiger partial charge in [-0.05, 0) is 120 Å². The van der Waals surface area contributed by atoms with E-state index in [1.54, 1.807) is 18.2 Å². The van der Waals surface area contributed by atoms with Gasteiger partial charge in [0.1, 0.15) is 17.5 Å². The highest BCUT2D eigenvalue weighted by Crippen LogP contribution is 2.39. The number of rotatable bonds is 18. The van der Waals surface area contributed by atoms with Gasteiger partial charge in [-0.25, -0.2) is 27.1 Å². The number of halogens is 3. The molecule has 33 heteroatoms. The predicted octanol–water partition coefficient (Wildman–Crippen LogP) is 3.96.